The number of esters is 1. The number of halogens is 4. The van der Waals surface area contributed by atoms with Gasteiger partial charge < -0.3 is 39.4 Å². The molecule has 0 aliphatic heterocycles. The Morgan fingerprint density at radius 3 is 1.34 bits per heavy atom. The number of ether oxygens (including phenoxy) is 2. The van der Waals surface area contributed by atoms with E-state index in [0.29, 0.717) is 13.2 Å². The summed E-state index contributed by atoms with van der Waals surface area (Å²) in [6.07, 6.45) is 0. The topological polar surface area (TPSA) is 314 Å². The van der Waals surface area contributed by atoms with Crippen LogP contribution in [0.2, 0.25) is 0 Å². The molecule has 17 nitrogen and oxygen atoms in total. The number of aliphatic hydroxyl groups is 2. The molecule has 26 heteroatoms. The van der Waals surface area contributed by atoms with E-state index in [4.69, 9.17) is 24.6 Å². The molecule has 0 spiro atoms. The smallest absolute Gasteiger partial charge is 0.743 e. The normalized spacial score (nSPS) is 10.6. The van der Waals surface area contributed by atoms with Gasteiger partial charge in [0.05, 0.1) is 31.3 Å². The molecule has 0 aromatic heterocycles. The van der Waals surface area contributed by atoms with Crippen molar-refractivity contribution < 1.29 is 155 Å². The van der Waals surface area contributed by atoms with Crippen LogP contribution >= 0.6 is 0 Å². The van der Waals surface area contributed by atoms with E-state index in [1.807, 2.05) is 55.5 Å². The van der Waals surface area contributed by atoms with Gasteiger partial charge in [-0.2, -0.15) is 26.0 Å². The second-order valence-electron chi connectivity index (χ2n) is 9.31. The van der Waals surface area contributed by atoms with Crippen LogP contribution in [-0.2, 0) is 56.0 Å². The second-order valence-corrected chi connectivity index (χ2v) is 13.6. The maximum Gasteiger partial charge on any atom is 1.00 e. The van der Waals surface area contributed by atoms with E-state index < -0.39 is 66.0 Å². The number of aliphatic carboxylic acids is 1. The van der Waals surface area contributed by atoms with Crippen molar-refractivity contribution in [2.45, 2.75) is 43.3 Å². The fourth-order valence-corrected chi connectivity index (χ4v) is 3.46. The summed E-state index contributed by atoms with van der Waals surface area (Å²) < 4.78 is 143. The number of alkyl halides is 4. The van der Waals surface area contributed by atoms with Gasteiger partial charge in [0, 0.05) is 0 Å². The standard InChI is InChI=1S/C9H12O2.C7H8O3S.C7H8.C4H6F2O6S.C2H2F2O5S.CH4.2Na.H2O/c10-6-7-11-8-9-4-2-1-3-5-9;1-6-2-4-7(5-3-6)11(8,9)10;1-7-5-3-2-4-6-7;5-4(6,13(9,10)11)3(8)12-2-1-7;3-2(4,1(5)6)10(7,8)9;;;;/h1-5,10H,6-8H2;2-5H,1H3,(H,8,9,10);2-6H,1H3;7H,1-2H2,(H,9,10,11);(H,5,6)(H,7,8,9);1H4;;;1H2/q;;;;;;2*+1;/p-2. The number of carbonyl (C=O) groups is 2. The van der Waals surface area contributed by atoms with Gasteiger partial charge in [-0.1, -0.05) is 91.3 Å². The molecule has 0 bridgehead atoms. The maximum atomic E-state index is 12.2. The van der Waals surface area contributed by atoms with Crippen molar-refractivity contribution in [2.24, 2.45) is 0 Å². The zero-order chi connectivity index (χ0) is 40.8. The largest absolute Gasteiger partial charge is 1.00 e. The molecular formula is C30H40F4Na2O17S3. The van der Waals surface area contributed by atoms with E-state index in [2.05, 4.69) is 23.8 Å². The average Bonchev–Trinajstić information content (AvgIpc) is 3.04. The van der Waals surface area contributed by atoms with Crippen LogP contribution in [0.25, 0.3) is 0 Å². The molecule has 3 aromatic rings. The molecule has 0 radical (unpaired) electrons. The summed E-state index contributed by atoms with van der Waals surface area (Å²) in [5.74, 6) is -5.46. The van der Waals surface area contributed by atoms with Crippen molar-refractivity contribution in [3.05, 3.63) is 102 Å². The number of aliphatic hydroxyl groups excluding tert-OH is 2. The third-order valence-corrected chi connectivity index (χ3v) is 7.51. The Hall–Kier alpha value is -2.11. The fraction of sp³-hybridized carbons (Fsp3) is 0.333. The van der Waals surface area contributed by atoms with Crippen molar-refractivity contribution in [1.29, 1.82) is 0 Å². The van der Waals surface area contributed by atoms with Crippen LogP contribution in [0.15, 0.2) is 89.8 Å². The first kappa shape index (κ1) is 65.7. The predicted octanol–water partition coefficient (Wildman–Crippen LogP) is -3.88. The van der Waals surface area contributed by atoms with Gasteiger partial charge >= 0.3 is 81.6 Å². The number of carboxylic acids is 1. The Kier molecular flexibility index (Phi) is 37.4. The van der Waals surface area contributed by atoms with E-state index in [-0.39, 0.29) is 83.5 Å². The zero-order valence-electron chi connectivity index (χ0n) is 29.5. The van der Waals surface area contributed by atoms with Gasteiger partial charge in [-0.25, -0.2) is 26.4 Å². The summed E-state index contributed by atoms with van der Waals surface area (Å²) in [4.78, 5) is 19.5. The van der Waals surface area contributed by atoms with Gasteiger partial charge in [0.1, 0.15) is 6.61 Å². The molecule has 6 N–H and O–H groups in total. The number of carbonyl (C=O) groups excluding carboxylic acids is 1. The third kappa shape index (κ3) is 28.3. The minimum Gasteiger partial charge on any atom is -0.743 e. The molecule has 3 rings (SSSR count). The molecule has 0 aliphatic carbocycles. The molecular weight excluding hydrogens is 850 g/mol. The Morgan fingerprint density at radius 2 is 1.05 bits per heavy atom. The number of aryl methyl sites for hydroxylation is 2. The van der Waals surface area contributed by atoms with Crippen molar-refractivity contribution >= 4 is 42.3 Å². The first-order valence-corrected chi connectivity index (χ1v) is 18.0. The van der Waals surface area contributed by atoms with E-state index in [9.17, 15) is 61.5 Å². The van der Waals surface area contributed by atoms with Crippen molar-refractivity contribution in [1.82, 2.24) is 0 Å². The maximum absolute atomic E-state index is 12.2. The molecule has 310 valence electrons. The molecule has 0 saturated heterocycles. The molecule has 56 heavy (non-hydrogen) atoms. The average molecular weight is 891 g/mol. The Morgan fingerprint density at radius 1 is 0.679 bits per heavy atom. The van der Waals surface area contributed by atoms with Crippen molar-refractivity contribution in [3.63, 3.8) is 0 Å². The van der Waals surface area contributed by atoms with Gasteiger partial charge in [-0.05, 0) is 31.5 Å². The molecule has 0 atom stereocenters. The monoisotopic (exact) mass is 890 g/mol. The van der Waals surface area contributed by atoms with Crippen LogP contribution in [-0.4, -0.2) is 109 Å². The third-order valence-electron chi connectivity index (χ3n) is 5.05. The van der Waals surface area contributed by atoms with Crippen molar-refractivity contribution in [3.8, 4) is 0 Å². The Bertz CT molecular complexity index is 1820. The number of rotatable bonds is 11. The van der Waals surface area contributed by atoms with E-state index in [0.717, 1.165) is 11.1 Å². The fourth-order valence-electron chi connectivity index (χ4n) is 2.50. The van der Waals surface area contributed by atoms with Gasteiger partial charge in [0.25, 0.3) is 10.1 Å². The van der Waals surface area contributed by atoms with Crippen LogP contribution in [0.4, 0.5) is 17.6 Å². The molecule has 0 heterocycles. The Balaban J connectivity index is -0.000000138. The summed E-state index contributed by atoms with van der Waals surface area (Å²) in [6, 6.07) is 26.2. The SMILES string of the molecule is C.Cc1ccc(S(=O)(=O)O)cc1.Cc1ccccc1.O.O=C(O)C(F)(F)S(=O)(=O)[O-].O=C(OCCO)C(F)(F)S(=O)(=O)[O-].OCCOCc1ccccc1.[Na+].[Na+]. The van der Waals surface area contributed by atoms with Crippen LogP contribution in [0.5, 0.6) is 0 Å². The van der Waals surface area contributed by atoms with Gasteiger partial charge in [-0.15, -0.1) is 0 Å². The first-order chi connectivity index (χ1) is 23.7. The van der Waals surface area contributed by atoms with Gasteiger partial charge in [0.15, 0.2) is 20.2 Å². The quantitative estimate of drug-likeness (QED) is 0.0471. The van der Waals surface area contributed by atoms with E-state index in [1.165, 1.54) is 17.7 Å². The molecule has 0 saturated carbocycles. The number of carboxylic acid groups (broad SMARTS) is 1. The summed E-state index contributed by atoms with van der Waals surface area (Å²) in [7, 11) is -16.2. The van der Waals surface area contributed by atoms with Crippen LogP contribution in [0.1, 0.15) is 24.1 Å². The Labute approximate surface area is 366 Å². The summed E-state index contributed by atoms with van der Waals surface area (Å²) in [5.41, 5.74) is 3.42. The number of hydrogen-bond acceptors (Lipinski definition) is 14. The van der Waals surface area contributed by atoms with Crippen molar-refractivity contribution in [2.75, 3.05) is 26.4 Å². The van der Waals surface area contributed by atoms with E-state index >= 15 is 0 Å². The predicted molar refractivity (Wildman–Crippen MR) is 181 cm³/mol. The van der Waals surface area contributed by atoms with Crippen LogP contribution in [0.3, 0.4) is 0 Å². The van der Waals surface area contributed by atoms with Crippen LogP contribution < -0.4 is 59.1 Å². The summed E-state index contributed by atoms with van der Waals surface area (Å²) in [6.45, 7) is 3.46. The molecule has 0 aliphatic rings. The number of hydrogen-bond donors (Lipinski definition) is 4. The summed E-state index contributed by atoms with van der Waals surface area (Å²) in [5, 5.41) is 13.6. The van der Waals surface area contributed by atoms with Gasteiger partial charge in [-0.3, -0.25) is 4.55 Å². The molecule has 0 amide bonds. The first-order valence-electron chi connectivity index (χ1n) is 13.7. The second kappa shape index (κ2) is 31.8. The minimum absolute atomic E-state index is 0. The zero-order valence-corrected chi connectivity index (χ0v) is 36.0. The summed E-state index contributed by atoms with van der Waals surface area (Å²) >= 11 is 0. The molecule has 0 fully saturated rings. The van der Waals surface area contributed by atoms with Gasteiger partial charge in [0.2, 0.25) is 0 Å². The molecule has 3 aromatic carbocycles. The van der Waals surface area contributed by atoms with Crippen LogP contribution in [0, 0.1) is 13.8 Å². The number of benzene rings is 3. The molecule has 0 unspecified atom stereocenters. The minimum atomic E-state index is -6.08. The van der Waals surface area contributed by atoms with E-state index in [1.54, 1.807) is 12.1 Å².